The van der Waals surface area contributed by atoms with Gasteiger partial charge in [-0.3, -0.25) is 5.01 Å². The summed E-state index contributed by atoms with van der Waals surface area (Å²) in [6.07, 6.45) is 5.83. The largest absolute Gasteiger partial charge is 0.368 e. The maximum atomic E-state index is 8.78. The molecule has 1 aliphatic rings. The Hall–Kier alpha value is -2.58. The molecule has 0 N–H and O–H groups in total. The molecule has 0 atom stereocenters. The van der Waals surface area contributed by atoms with Crippen molar-refractivity contribution in [2.75, 3.05) is 26.2 Å². The summed E-state index contributed by atoms with van der Waals surface area (Å²) >= 11 is 5.78. The van der Waals surface area contributed by atoms with Gasteiger partial charge in [-0.05, 0) is 43.3 Å². The van der Waals surface area contributed by atoms with E-state index in [1.807, 2.05) is 18.0 Å². The minimum atomic E-state index is 0.518. The zero-order chi connectivity index (χ0) is 17.4. The van der Waals surface area contributed by atoms with Crippen molar-refractivity contribution in [3.8, 4) is 6.07 Å². The summed E-state index contributed by atoms with van der Waals surface area (Å²) < 4.78 is 0. The molecule has 0 radical (unpaired) electrons. The fourth-order valence-corrected chi connectivity index (χ4v) is 2.38. The molecule has 0 aliphatic carbocycles. The van der Waals surface area contributed by atoms with E-state index in [4.69, 9.17) is 16.9 Å². The Morgan fingerprint density at radius 1 is 1.21 bits per heavy atom. The van der Waals surface area contributed by atoms with Gasteiger partial charge >= 0.3 is 0 Å². The van der Waals surface area contributed by atoms with Crippen molar-refractivity contribution in [3.63, 3.8) is 0 Å². The van der Waals surface area contributed by atoms with Crippen LogP contribution in [0.15, 0.2) is 70.1 Å². The topological polar surface area (TPSA) is 55.0 Å². The summed E-state index contributed by atoms with van der Waals surface area (Å²) in [5, 5.41) is 19.7. The monoisotopic (exact) mass is 341 g/mol. The van der Waals surface area contributed by atoms with Gasteiger partial charge in [0.2, 0.25) is 0 Å². The first-order valence-corrected chi connectivity index (χ1v) is 8.10. The molecular weight excluding hydrogens is 322 g/mol. The van der Waals surface area contributed by atoms with Crippen LogP contribution in [0.4, 0.5) is 5.69 Å². The standard InChI is InChI=1S/C18H20ClN5/c1-3-18(9-4-15(2)19)23-10-12-24(13-11-23)22-21-17-7-5-16(14-20)6-8-17/h3-9H,2,10-13H2,1H3. The Kier molecular flexibility index (Phi) is 6.59. The number of rotatable bonds is 5. The molecule has 0 unspecified atom stereocenters. The maximum Gasteiger partial charge on any atom is 0.0991 e. The normalized spacial score (nSPS) is 16.0. The van der Waals surface area contributed by atoms with Crippen molar-refractivity contribution >= 4 is 17.3 Å². The highest BCUT2D eigenvalue weighted by Crippen LogP contribution is 2.16. The van der Waals surface area contributed by atoms with Crippen molar-refractivity contribution < 1.29 is 0 Å². The lowest BCUT2D eigenvalue weighted by atomic mass is 10.2. The van der Waals surface area contributed by atoms with Crippen molar-refractivity contribution in [1.29, 1.82) is 5.26 Å². The molecule has 6 heteroatoms. The zero-order valence-electron chi connectivity index (χ0n) is 13.7. The van der Waals surface area contributed by atoms with Gasteiger partial charge in [-0.1, -0.05) is 29.5 Å². The Morgan fingerprint density at radius 2 is 1.88 bits per heavy atom. The molecule has 1 aromatic rings. The summed E-state index contributed by atoms with van der Waals surface area (Å²) in [5.74, 6) is 0. The van der Waals surface area contributed by atoms with E-state index in [9.17, 15) is 0 Å². The van der Waals surface area contributed by atoms with Crippen molar-refractivity contribution in [2.24, 2.45) is 10.3 Å². The van der Waals surface area contributed by atoms with Gasteiger partial charge in [0.1, 0.15) is 0 Å². The van der Waals surface area contributed by atoms with Crippen LogP contribution < -0.4 is 0 Å². The molecule has 1 saturated heterocycles. The Bertz CT molecular complexity index is 689. The number of hydrogen-bond donors (Lipinski definition) is 0. The molecule has 1 fully saturated rings. The fraction of sp³-hybridized carbons (Fsp3) is 0.278. The van der Waals surface area contributed by atoms with E-state index in [0.717, 1.165) is 37.6 Å². The Balaban J connectivity index is 1.89. The summed E-state index contributed by atoms with van der Waals surface area (Å²) in [6.45, 7) is 9.00. The van der Waals surface area contributed by atoms with E-state index < -0.39 is 0 Å². The second kappa shape index (κ2) is 8.90. The first-order valence-electron chi connectivity index (χ1n) is 7.73. The molecule has 5 nitrogen and oxygen atoms in total. The van der Waals surface area contributed by atoms with Crippen LogP contribution in [0.2, 0.25) is 0 Å². The minimum Gasteiger partial charge on any atom is -0.368 e. The van der Waals surface area contributed by atoms with Crippen molar-refractivity contribution in [2.45, 2.75) is 6.92 Å². The van der Waals surface area contributed by atoms with Crippen LogP contribution in [-0.2, 0) is 0 Å². The van der Waals surface area contributed by atoms with E-state index in [1.165, 1.54) is 0 Å². The maximum absolute atomic E-state index is 8.78. The molecule has 24 heavy (non-hydrogen) atoms. The summed E-state index contributed by atoms with van der Waals surface area (Å²) in [5.41, 5.74) is 2.49. The number of allylic oxidation sites excluding steroid dienone is 4. The van der Waals surface area contributed by atoms with E-state index in [-0.39, 0.29) is 0 Å². The lowest BCUT2D eigenvalue weighted by Gasteiger charge is -2.34. The lowest BCUT2D eigenvalue weighted by molar-refractivity contribution is 0.158. The van der Waals surface area contributed by atoms with E-state index in [0.29, 0.717) is 10.6 Å². The molecule has 0 saturated carbocycles. The molecular formula is C18H20ClN5. The number of benzene rings is 1. The first-order chi connectivity index (χ1) is 11.6. The third-order valence-electron chi connectivity index (χ3n) is 3.64. The van der Waals surface area contributed by atoms with Crippen molar-refractivity contribution in [3.05, 3.63) is 65.4 Å². The van der Waals surface area contributed by atoms with Crippen LogP contribution in [0.5, 0.6) is 0 Å². The van der Waals surface area contributed by atoms with Gasteiger partial charge in [-0.25, -0.2) is 0 Å². The molecule has 0 spiro atoms. The van der Waals surface area contributed by atoms with Gasteiger partial charge in [0, 0.05) is 23.8 Å². The van der Waals surface area contributed by atoms with Gasteiger partial charge in [0.05, 0.1) is 30.4 Å². The molecule has 0 bridgehead atoms. The van der Waals surface area contributed by atoms with Crippen LogP contribution in [-0.4, -0.2) is 36.1 Å². The predicted octanol–water partition coefficient (Wildman–Crippen LogP) is 4.39. The molecule has 0 amide bonds. The minimum absolute atomic E-state index is 0.518. The van der Waals surface area contributed by atoms with Gasteiger partial charge in [-0.15, -0.1) is 5.11 Å². The average molecular weight is 342 g/mol. The number of nitriles is 1. The highest BCUT2D eigenvalue weighted by Gasteiger charge is 2.16. The molecule has 2 rings (SSSR count). The zero-order valence-corrected chi connectivity index (χ0v) is 14.4. The van der Waals surface area contributed by atoms with Gasteiger partial charge in [0.25, 0.3) is 0 Å². The predicted molar refractivity (Wildman–Crippen MR) is 96.7 cm³/mol. The average Bonchev–Trinajstić information content (AvgIpc) is 2.61. The van der Waals surface area contributed by atoms with Gasteiger partial charge in [0.15, 0.2) is 0 Å². The number of nitrogens with zero attached hydrogens (tertiary/aromatic N) is 5. The Morgan fingerprint density at radius 3 is 2.42 bits per heavy atom. The molecule has 1 heterocycles. The number of halogens is 1. The number of piperazine rings is 1. The highest BCUT2D eigenvalue weighted by molar-refractivity contribution is 6.30. The quantitative estimate of drug-likeness (QED) is 0.589. The van der Waals surface area contributed by atoms with E-state index in [1.54, 1.807) is 30.3 Å². The summed E-state index contributed by atoms with van der Waals surface area (Å²) in [6, 6.07) is 9.14. The SMILES string of the molecule is C=C(Cl)C=CC(=CC)N1CCN(N=Nc2ccc(C#N)cc2)CC1. The van der Waals surface area contributed by atoms with E-state index >= 15 is 0 Å². The lowest BCUT2D eigenvalue weighted by Crippen LogP contribution is -2.43. The Labute approximate surface area is 147 Å². The van der Waals surface area contributed by atoms with Crippen LogP contribution in [0.25, 0.3) is 0 Å². The number of hydrogen-bond acceptors (Lipinski definition) is 4. The fourth-order valence-electron chi connectivity index (χ4n) is 2.32. The summed E-state index contributed by atoms with van der Waals surface area (Å²) in [4.78, 5) is 2.28. The first kappa shape index (κ1) is 17.8. The molecule has 1 aliphatic heterocycles. The summed E-state index contributed by atoms with van der Waals surface area (Å²) in [7, 11) is 0. The third-order valence-corrected chi connectivity index (χ3v) is 3.76. The van der Waals surface area contributed by atoms with Crippen molar-refractivity contribution in [1.82, 2.24) is 9.91 Å². The van der Waals surface area contributed by atoms with Gasteiger partial charge in [-0.2, -0.15) is 5.26 Å². The van der Waals surface area contributed by atoms with Gasteiger partial charge < -0.3 is 4.90 Å². The van der Waals surface area contributed by atoms with Crippen LogP contribution in [0, 0.1) is 11.3 Å². The van der Waals surface area contributed by atoms with Crippen LogP contribution in [0.1, 0.15) is 12.5 Å². The van der Waals surface area contributed by atoms with Crippen LogP contribution in [0.3, 0.4) is 0 Å². The smallest absolute Gasteiger partial charge is 0.0991 e. The van der Waals surface area contributed by atoms with Crippen LogP contribution >= 0.6 is 11.6 Å². The highest BCUT2D eigenvalue weighted by atomic mass is 35.5. The molecule has 0 aromatic heterocycles. The molecule has 1 aromatic carbocycles. The van der Waals surface area contributed by atoms with E-state index in [2.05, 4.69) is 34.0 Å². The third kappa shape index (κ3) is 5.25. The second-order valence-electron chi connectivity index (χ2n) is 5.28. The molecule has 124 valence electrons. The second-order valence-corrected chi connectivity index (χ2v) is 5.77.